The number of carbonyl (C=O) groups excluding carboxylic acids is 2. The topological polar surface area (TPSA) is 98.1 Å². The monoisotopic (exact) mass is 401 g/mol. The molecule has 0 spiro atoms. The molecule has 2 aromatic heterocycles. The molecule has 0 aliphatic heterocycles. The first-order valence-corrected chi connectivity index (χ1v) is 9.92. The van der Waals surface area contributed by atoms with Crippen LogP contribution in [0.2, 0.25) is 0 Å². The van der Waals surface area contributed by atoms with Crippen molar-refractivity contribution in [2.75, 3.05) is 6.61 Å². The standard InChI is InChI=1S/C23H19N3O4/c1-2-29-23(28)19-18(21(30-26-19)13-7-8-13)20(27)16-9-10-17(22-24-11-12-25-22)15-6-4-3-5-14(15)16/h3-6,9-13H,2,7-8H2,1H3,(H,24,25). The summed E-state index contributed by atoms with van der Waals surface area (Å²) in [6.07, 6.45) is 5.27. The molecule has 4 aromatic rings. The van der Waals surface area contributed by atoms with Gasteiger partial charge in [-0.25, -0.2) is 9.78 Å². The molecule has 30 heavy (non-hydrogen) atoms. The number of carbonyl (C=O) groups is 2. The van der Waals surface area contributed by atoms with Gasteiger partial charge in [-0.1, -0.05) is 29.4 Å². The summed E-state index contributed by atoms with van der Waals surface area (Å²) in [5.74, 6) is 0.382. The molecule has 0 radical (unpaired) electrons. The van der Waals surface area contributed by atoms with Crippen LogP contribution in [0.1, 0.15) is 57.9 Å². The normalized spacial score (nSPS) is 13.5. The first kappa shape index (κ1) is 18.3. The van der Waals surface area contributed by atoms with E-state index in [1.807, 2.05) is 30.3 Å². The van der Waals surface area contributed by atoms with Crippen LogP contribution in [-0.2, 0) is 4.74 Å². The minimum Gasteiger partial charge on any atom is -0.461 e. The molecule has 0 atom stereocenters. The number of nitrogens with one attached hydrogen (secondary N) is 1. The fourth-order valence-corrected chi connectivity index (χ4v) is 3.74. The Kier molecular flexibility index (Phi) is 4.43. The second-order valence-electron chi connectivity index (χ2n) is 7.24. The van der Waals surface area contributed by atoms with Crippen molar-refractivity contribution >= 4 is 22.5 Å². The number of ketones is 1. The van der Waals surface area contributed by atoms with Crippen molar-refractivity contribution in [3.63, 3.8) is 0 Å². The summed E-state index contributed by atoms with van der Waals surface area (Å²) in [5.41, 5.74) is 1.54. The van der Waals surface area contributed by atoms with Gasteiger partial charge in [-0.15, -0.1) is 0 Å². The van der Waals surface area contributed by atoms with Gasteiger partial charge in [0.2, 0.25) is 5.69 Å². The van der Waals surface area contributed by atoms with Crippen LogP contribution < -0.4 is 0 Å². The predicted molar refractivity (Wildman–Crippen MR) is 109 cm³/mol. The molecule has 1 aliphatic rings. The molecule has 1 aliphatic carbocycles. The third-order valence-corrected chi connectivity index (χ3v) is 5.28. The maximum absolute atomic E-state index is 13.7. The van der Waals surface area contributed by atoms with Crippen LogP contribution in [-0.4, -0.2) is 33.5 Å². The fourth-order valence-electron chi connectivity index (χ4n) is 3.74. The van der Waals surface area contributed by atoms with Crippen LogP contribution >= 0.6 is 0 Å². The van der Waals surface area contributed by atoms with E-state index >= 15 is 0 Å². The molecule has 0 saturated heterocycles. The molecule has 5 rings (SSSR count). The zero-order valence-corrected chi connectivity index (χ0v) is 16.3. The van der Waals surface area contributed by atoms with E-state index < -0.39 is 5.97 Å². The fraction of sp³-hybridized carbons (Fsp3) is 0.217. The molecule has 1 fully saturated rings. The number of rotatable bonds is 6. The molecule has 2 aromatic carbocycles. The van der Waals surface area contributed by atoms with Crippen LogP contribution in [0.15, 0.2) is 53.3 Å². The molecule has 2 heterocycles. The van der Waals surface area contributed by atoms with Gasteiger partial charge in [-0.3, -0.25) is 4.79 Å². The maximum atomic E-state index is 13.7. The molecular formula is C23H19N3O4. The lowest BCUT2D eigenvalue weighted by atomic mass is 9.92. The summed E-state index contributed by atoms with van der Waals surface area (Å²) in [6.45, 7) is 1.90. The van der Waals surface area contributed by atoms with Gasteiger partial charge >= 0.3 is 5.97 Å². The van der Waals surface area contributed by atoms with E-state index in [1.54, 1.807) is 25.4 Å². The predicted octanol–water partition coefficient (Wildman–Crippen LogP) is 4.50. The lowest BCUT2D eigenvalue weighted by Gasteiger charge is -2.10. The van der Waals surface area contributed by atoms with Crippen LogP contribution in [0.25, 0.3) is 22.2 Å². The Morgan fingerprint density at radius 2 is 1.97 bits per heavy atom. The van der Waals surface area contributed by atoms with E-state index in [0.29, 0.717) is 11.3 Å². The zero-order valence-electron chi connectivity index (χ0n) is 16.3. The Hall–Kier alpha value is -3.74. The molecule has 7 heteroatoms. The number of imidazole rings is 1. The quantitative estimate of drug-likeness (QED) is 0.377. The van der Waals surface area contributed by atoms with Gasteiger partial charge < -0.3 is 14.2 Å². The van der Waals surface area contributed by atoms with Crippen molar-refractivity contribution < 1.29 is 18.8 Å². The number of hydrogen-bond donors (Lipinski definition) is 1. The van der Waals surface area contributed by atoms with E-state index in [1.165, 1.54) is 0 Å². The van der Waals surface area contributed by atoms with Gasteiger partial charge in [0.25, 0.3) is 0 Å². The molecule has 0 unspecified atom stereocenters. The lowest BCUT2D eigenvalue weighted by molar-refractivity contribution is 0.0512. The second kappa shape index (κ2) is 7.26. The second-order valence-corrected chi connectivity index (χ2v) is 7.24. The van der Waals surface area contributed by atoms with Crippen molar-refractivity contribution in [2.24, 2.45) is 0 Å². The number of fused-ring (bicyclic) bond motifs is 1. The number of H-pyrrole nitrogens is 1. The van der Waals surface area contributed by atoms with E-state index in [0.717, 1.165) is 35.0 Å². The van der Waals surface area contributed by atoms with Gasteiger partial charge in [0.15, 0.2) is 11.5 Å². The summed E-state index contributed by atoms with van der Waals surface area (Å²) in [5, 5.41) is 5.56. The van der Waals surface area contributed by atoms with Crippen LogP contribution in [0.3, 0.4) is 0 Å². The van der Waals surface area contributed by atoms with Crippen molar-refractivity contribution in [1.82, 2.24) is 15.1 Å². The first-order valence-electron chi connectivity index (χ1n) is 9.92. The van der Waals surface area contributed by atoms with Crippen LogP contribution in [0.4, 0.5) is 0 Å². The number of esters is 1. The van der Waals surface area contributed by atoms with Crippen LogP contribution in [0, 0.1) is 0 Å². The molecule has 150 valence electrons. The zero-order chi connectivity index (χ0) is 20.7. The van der Waals surface area contributed by atoms with Crippen molar-refractivity contribution in [3.05, 3.63) is 71.4 Å². The van der Waals surface area contributed by atoms with Gasteiger partial charge in [-0.05, 0) is 42.7 Å². The Balaban J connectivity index is 1.67. The molecule has 0 amide bonds. The van der Waals surface area contributed by atoms with E-state index in [4.69, 9.17) is 9.26 Å². The highest BCUT2D eigenvalue weighted by Gasteiger charge is 2.37. The largest absolute Gasteiger partial charge is 0.461 e. The minimum absolute atomic E-state index is 0.0528. The summed E-state index contributed by atoms with van der Waals surface area (Å²) in [4.78, 5) is 33.5. The van der Waals surface area contributed by atoms with Crippen LogP contribution in [0.5, 0.6) is 0 Å². The number of hydrogen-bond acceptors (Lipinski definition) is 6. The Morgan fingerprint density at radius 1 is 1.17 bits per heavy atom. The van der Waals surface area contributed by atoms with Crippen molar-refractivity contribution in [3.8, 4) is 11.4 Å². The van der Waals surface area contributed by atoms with Gasteiger partial charge in [0, 0.05) is 29.4 Å². The van der Waals surface area contributed by atoms with Crippen molar-refractivity contribution in [2.45, 2.75) is 25.7 Å². The third-order valence-electron chi connectivity index (χ3n) is 5.28. The molecular weight excluding hydrogens is 382 g/mol. The highest BCUT2D eigenvalue weighted by atomic mass is 16.5. The minimum atomic E-state index is -0.645. The molecule has 7 nitrogen and oxygen atoms in total. The highest BCUT2D eigenvalue weighted by Crippen LogP contribution is 2.43. The Labute approximate surface area is 172 Å². The number of benzene rings is 2. The Morgan fingerprint density at radius 3 is 2.67 bits per heavy atom. The summed E-state index contributed by atoms with van der Waals surface area (Å²) >= 11 is 0. The lowest BCUT2D eigenvalue weighted by Crippen LogP contribution is -2.13. The average Bonchev–Trinajstić information content (AvgIpc) is 3.28. The number of aromatic amines is 1. The Bertz CT molecular complexity index is 1250. The molecule has 1 saturated carbocycles. The van der Waals surface area contributed by atoms with E-state index in [2.05, 4.69) is 15.1 Å². The smallest absolute Gasteiger partial charge is 0.361 e. The number of nitrogens with zero attached hydrogens (tertiary/aromatic N) is 2. The average molecular weight is 401 g/mol. The number of aromatic nitrogens is 3. The van der Waals surface area contributed by atoms with E-state index in [-0.39, 0.29) is 29.6 Å². The van der Waals surface area contributed by atoms with E-state index in [9.17, 15) is 9.59 Å². The maximum Gasteiger partial charge on any atom is 0.361 e. The summed E-state index contributed by atoms with van der Waals surface area (Å²) < 4.78 is 10.5. The van der Waals surface area contributed by atoms with Gasteiger partial charge in [0.1, 0.15) is 11.4 Å². The third kappa shape index (κ3) is 2.99. The molecule has 0 bridgehead atoms. The highest BCUT2D eigenvalue weighted by molar-refractivity contribution is 6.21. The van der Waals surface area contributed by atoms with Gasteiger partial charge in [0.05, 0.1) is 6.61 Å². The first-order chi connectivity index (χ1) is 14.7. The molecule has 1 N–H and O–H groups in total. The van der Waals surface area contributed by atoms with Crippen molar-refractivity contribution in [1.29, 1.82) is 0 Å². The summed E-state index contributed by atoms with van der Waals surface area (Å²) in [6, 6.07) is 11.3. The number of ether oxygens (including phenoxy) is 1. The SMILES string of the molecule is CCOC(=O)c1noc(C2CC2)c1C(=O)c1ccc(-c2ncc[nH]2)c2ccccc12. The summed E-state index contributed by atoms with van der Waals surface area (Å²) in [7, 11) is 0. The van der Waals surface area contributed by atoms with Gasteiger partial charge in [-0.2, -0.15) is 0 Å².